The van der Waals surface area contributed by atoms with Gasteiger partial charge in [0.2, 0.25) is 0 Å². The highest BCUT2D eigenvalue weighted by atomic mass is 16.5. The van der Waals surface area contributed by atoms with Crippen molar-refractivity contribution in [1.29, 1.82) is 0 Å². The number of rotatable bonds is 5. The summed E-state index contributed by atoms with van der Waals surface area (Å²) in [4.78, 5) is 29.2. The molecule has 7 nitrogen and oxygen atoms in total. The molecule has 0 bridgehead atoms. The molecule has 0 fully saturated rings. The smallest absolute Gasteiger partial charge is 0.298 e. The van der Waals surface area contributed by atoms with Crippen LogP contribution < -0.4 is 0 Å². The van der Waals surface area contributed by atoms with E-state index in [4.69, 9.17) is 8.94 Å². The van der Waals surface area contributed by atoms with E-state index in [-0.39, 0.29) is 12.3 Å². The molecule has 3 rings (SSSR count). The van der Waals surface area contributed by atoms with E-state index in [0.717, 1.165) is 5.56 Å². The summed E-state index contributed by atoms with van der Waals surface area (Å²) in [7, 11) is 1.51. The lowest BCUT2D eigenvalue weighted by Gasteiger charge is -2.13. The molecule has 0 radical (unpaired) electrons. The molecule has 3 heterocycles. The number of amides is 1. The van der Waals surface area contributed by atoms with Gasteiger partial charge in [0.05, 0.1) is 12.8 Å². The standard InChI is InChI=1S/C16H13N3O4/c1-19(16(21)15(20)14-5-3-7-22-14)10-12-8-13(18-23-12)11-4-2-6-17-9-11/h2-9H,10H2,1H3. The molecule has 3 aromatic heterocycles. The molecule has 0 saturated carbocycles. The maximum atomic E-state index is 12.1. The van der Waals surface area contributed by atoms with E-state index in [9.17, 15) is 9.59 Å². The Labute approximate surface area is 131 Å². The van der Waals surface area contributed by atoms with Crippen molar-refractivity contribution < 1.29 is 18.5 Å². The molecule has 0 saturated heterocycles. The molecule has 116 valence electrons. The summed E-state index contributed by atoms with van der Waals surface area (Å²) >= 11 is 0. The first-order valence-electron chi connectivity index (χ1n) is 6.84. The average molecular weight is 311 g/mol. The lowest BCUT2D eigenvalue weighted by Crippen LogP contribution is -2.32. The van der Waals surface area contributed by atoms with Gasteiger partial charge < -0.3 is 13.8 Å². The van der Waals surface area contributed by atoms with E-state index < -0.39 is 11.7 Å². The number of aromatic nitrogens is 2. The number of carbonyl (C=O) groups is 2. The second-order valence-corrected chi connectivity index (χ2v) is 4.89. The zero-order chi connectivity index (χ0) is 16.2. The Bertz CT molecular complexity index is 809. The van der Waals surface area contributed by atoms with Crippen LogP contribution in [0.5, 0.6) is 0 Å². The molecule has 0 N–H and O–H groups in total. The van der Waals surface area contributed by atoms with Crippen molar-refractivity contribution in [2.24, 2.45) is 0 Å². The Morgan fingerprint density at radius 2 is 2.13 bits per heavy atom. The molecule has 0 aromatic carbocycles. The fourth-order valence-corrected chi connectivity index (χ4v) is 2.03. The number of carbonyl (C=O) groups excluding carboxylic acids is 2. The van der Waals surface area contributed by atoms with Gasteiger partial charge in [0.15, 0.2) is 11.5 Å². The van der Waals surface area contributed by atoms with E-state index in [0.29, 0.717) is 11.5 Å². The minimum absolute atomic E-state index is 0.00969. The second kappa shape index (κ2) is 6.27. The van der Waals surface area contributed by atoms with Crippen LogP contribution in [0, 0.1) is 0 Å². The van der Waals surface area contributed by atoms with Gasteiger partial charge in [-0.05, 0) is 24.3 Å². The lowest BCUT2D eigenvalue weighted by atomic mass is 10.2. The van der Waals surface area contributed by atoms with Crippen LogP contribution in [0.1, 0.15) is 16.3 Å². The second-order valence-electron chi connectivity index (χ2n) is 4.89. The first kappa shape index (κ1) is 14.7. The third kappa shape index (κ3) is 3.18. The Kier molecular flexibility index (Phi) is 4.01. The predicted molar refractivity (Wildman–Crippen MR) is 79.2 cm³/mol. The summed E-state index contributed by atoms with van der Waals surface area (Å²) in [5, 5.41) is 3.94. The van der Waals surface area contributed by atoms with Crippen LogP contribution in [-0.2, 0) is 11.3 Å². The topological polar surface area (TPSA) is 89.4 Å². The van der Waals surface area contributed by atoms with Crippen molar-refractivity contribution in [2.75, 3.05) is 7.05 Å². The summed E-state index contributed by atoms with van der Waals surface area (Å²) in [5.74, 6) is -0.911. The Morgan fingerprint density at radius 3 is 2.83 bits per heavy atom. The van der Waals surface area contributed by atoms with Crippen molar-refractivity contribution in [3.05, 3.63) is 60.5 Å². The minimum atomic E-state index is -0.704. The molecule has 0 spiro atoms. The van der Waals surface area contributed by atoms with Crippen molar-refractivity contribution in [1.82, 2.24) is 15.0 Å². The summed E-state index contributed by atoms with van der Waals surface area (Å²) in [6.45, 7) is 0.124. The molecular weight excluding hydrogens is 298 g/mol. The van der Waals surface area contributed by atoms with Gasteiger partial charge in [-0.15, -0.1) is 0 Å². The molecule has 0 aliphatic rings. The summed E-state index contributed by atoms with van der Waals surface area (Å²) < 4.78 is 10.1. The Morgan fingerprint density at radius 1 is 1.26 bits per heavy atom. The van der Waals surface area contributed by atoms with Crippen molar-refractivity contribution in [2.45, 2.75) is 6.54 Å². The van der Waals surface area contributed by atoms with Crippen LogP contribution in [0.25, 0.3) is 11.3 Å². The highest BCUT2D eigenvalue weighted by molar-refractivity contribution is 6.41. The number of pyridine rings is 1. The van der Waals surface area contributed by atoms with Gasteiger partial charge in [0, 0.05) is 31.1 Å². The predicted octanol–water partition coefficient (Wildman–Crippen LogP) is 2.17. The molecule has 7 heteroatoms. The van der Waals surface area contributed by atoms with E-state index in [1.165, 1.54) is 24.3 Å². The zero-order valence-electron chi connectivity index (χ0n) is 12.3. The lowest BCUT2D eigenvalue weighted by molar-refractivity contribution is -0.126. The normalized spacial score (nSPS) is 10.5. The molecule has 3 aromatic rings. The fraction of sp³-hybridized carbons (Fsp3) is 0.125. The highest BCUT2D eigenvalue weighted by Crippen LogP contribution is 2.18. The Balaban J connectivity index is 1.69. The van der Waals surface area contributed by atoms with Gasteiger partial charge in [-0.1, -0.05) is 5.16 Å². The zero-order valence-corrected chi connectivity index (χ0v) is 12.3. The first-order valence-corrected chi connectivity index (χ1v) is 6.84. The summed E-state index contributed by atoms with van der Waals surface area (Å²) in [6, 6.07) is 8.35. The van der Waals surface area contributed by atoms with Crippen molar-refractivity contribution in [3.63, 3.8) is 0 Å². The number of hydrogen-bond acceptors (Lipinski definition) is 6. The van der Waals surface area contributed by atoms with Crippen LogP contribution in [0.4, 0.5) is 0 Å². The van der Waals surface area contributed by atoms with Gasteiger partial charge >= 0.3 is 0 Å². The number of ketones is 1. The van der Waals surface area contributed by atoms with Crippen LogP contribution in [-0.4, -0.2) is 33.8 Å². The number of Topliss-reactive ketones (excluding diaryl/α,β-unsaturated/α-hetero) is 1. The van der Waals surface area contributed by atoms with E-state index in [1.807, 2.05) is 6.07 Å². The third-order valence-electron chi connectivity index (χ3n) is 3.20. The SMILES string of the molecule is CN(Cc1cc(-c2cccnc2)no1)C(=O)C(=O)c1ccco1. The molecule has 0 unspecified atom stereocenters. The van der Waals surface area contributed by atoms with Crippen LogP contribution in [0.15, 0.2) is 57.9 Å². The molecule has 1 amide bonds. The van der Waals surface area contributed by atoms with Gasteiger partial charge in [-0.25, -0.2) is 0 Å². The van der Waals surface area contributed by atoms with E-state index >= 15 is 0 Å². The molecule has 0 atom stereocenters. The van der Waals surface area contributed by atoms with Crippen molar-refractivity contribution in [3.8, 4) is 11.3 Å². The summed E-state index contributed by atoms with van der Waals surface area (Å²) in [5.41, 5.74) is 1.43. The molecule has 0 aliphatic heterocycles. The fourth-order valence-electron chi connectivity index (χ4n) is 2.03. The molecule has 0 aliphatic carbocycles. The third-order valence-corrected chi connectivity index (χ3v) is 3.20. The summed E-state index contributed by atoms with van der Waals surface area (Å²) in [6.07, 6.45) is 4.67. The molecule has 23 heavy (non-hydrogen) atoms. The van der Waals surface area contributed by atoms with Gasteiger partial charge in [0.1, 0.15) is 5.69 Å². The van der Waals surface area contributed by atoms with E-state index in [1.54, 1.807) is 30.6 Å². The number of furan rings is 1. The highest BCUT2D eigenvalue weighted by Gasteiger charge is 2.23. The van der Waals surface area contributed by atoms with Crippen LogP contribution in [0.2, 0.25) is 0 Å². The number of hydrogen-bond donors (Lipinski definition) is 0. The van der Waals surface area contributed by atoms with Crippen LogP contribution >= 0.6 is 0 Å². The minimum Gasteiger partial charge on any atom is -0.461 e. The average Bonchev–Trinajstić information content (AvgIpc) is 3.26. The quantitative estimate of drug-likeness (QED) is 0.530. The number of nitrogens with zero attached hydrogens (tertiary/aromatic N) is 3. The largest absolute Gasteiger partial charge is 0.461 e. The van der Waals surface area contributed by atoms with Crippen LogP contribution in [0.3, 0.4) is 0 Å². The van der Waals surface area contributed by atoms with Gasteiger partial charge in [-0.2, -0.15) is 0 Å². The number of likely N-dealkylation sites (N-methyl/N-ethyl adjacent to an activating group) is 1. The molecular formula is C16H13N3O4. The van der Waals surface area contributed by atoms with Gasteiger partial charge in [-0.3, -0.25) is 14.6 Å². The van der Waals surface area contributed by atoms with E-state index in [2.05, 4.69) is 10.1 Å². The monoisotopic (exact) mass is 311 g/mol. The maximum Gasteiger partial charge on any atom is 0.298 e. The maximum absolute atomic E-state index is 12.1. The van der Waals surface area contributed by atoms with Gasteiger partial charge in [0.25, 0.3) is 11.7 Å². The first-order chi connectivity index (χ1) is 11.1. The Hall–Kier alpha value is -3.22. The van der Waals surface area contributed by atoms with Crippen molar-refractivity contribution >= 4 is 11.7 Å².